The fourth-order valence-electron chi connectivity index (χ4n) is 2.71. The second-order valence-electron chi connectivity index (χ2n) is 5.36. The maximum atomic E-state index is 14.0. The van der Waals surface area contributed by atoms with Crippen molar-refractivity contribution in [1.82, 2.24) is 4.90 Å². The molecular formula is C17H14ClF2NO2. The zero-order chi connectivity index (χ0) is 16.6. The quantitative estimate of drug-likeness (QED) is 0.787. The van der Waals surface area contributed by atoms with Gasteiger partial charge in [-0.25, -0.2) is 0 Å². The van der Waals surface area contributed by atoms with Crippen LogP contribution in [0.2, 0.25) is 5.02 Å². The van der Waals surface area contributed by atoms with E-state index in [1.807, 2.05) is 0 Å². The first-order valence-electron chi connectivity index (χ1n) is 7.01. The van der Waals surface area contributed by atoms with E-state index in [0.29, 0.717) is 16.3 Å². The van der Waals surface area contributed by atoms with Gasteiger partial charge in [-0.3, -0.25) is 4.79 Å². The van der Waals surface area contributed by atoms with Crippen LogP contribution in [0.25, 0.3) is 0 Å². The fourth-order valence-corrected chi connectivity index (χ4v) is 2.91. The van der Waals surface area contributed by atoms with Gasteiger partial charge in [0.25, 0.3) is 5.91 Å². The summed E-state index contributed by atoms with van der Waals surface area (Å²) in [7, 11) is 1.55. The van der Waals surface area contributed by atoms with E-state index in [2.05, 4.69) is 0 Å². The number of methoxy groups -OCH3 is 1. The fraction of sp³-hybridized carbons (Fsp3) is 0.235. The molecule has 2 aromatic rings. The zero-order valence-corrected chi connectivity index (χ0v) is 13.1. The van der Waals surface area contributed by atoms with Crippen molar-refractivity contribution in [1.29, 1.82) is 0 Å². The Morgan fingerprint density at radius 2 is 1.91 bits per heavy atom. The lowest BCUT2D eigenvalue weighted by Gasteiger charge is -2.46. The molecule has 0 saturated carbocycles. The Morgan fingerprint density at radius 1 is 1.22 bits per heavy atom. The molecule has 0 radical (unpaired) electrons. The number of hydrogen-bond acceptors (Lipinski definition) is 2. The molecule has 1 heterocycles. The normalized spacial score (nSPS) is 19.4. The monoisotopic (exact) mass is 337 g/mol. The molecule has 1 amide bonds. The lowest BCUT2D eigenvalue weighted by molar-refractivity contribution is -0.207. The van der Waals surface area contributed by atoms with Gasteiger partial charge in [-0.2, -0.15) is 8.78 Å². The number of β-lactam (4-membered cyclic amide) rings is 1. The highest BCUT2D eigenvalue weighted by Crippen LogP contribution is 2.48. The number of halogens is 3. The van der Waals surface area contributed by atoms with Crippen molar-refractivity contribution < 1.29 is 18.3 Å². The number of carbonyl (C=O) groups is 1. The molecule has 3 rings (SSSR count). The first-order chi connectivity index (χ1) is 10.9. The van der Waals surface area contributed by atoms with E-state index < -0.39 is 17.9 Å². The topological polar surface area (TPSA) is 29.5 Å². The van der Waals surface area contributed by atoms with Crippen LogP contribution in [-0.4, -0.2) is 23.8 Å². The predicted molar refractivity (Wildman–Crippen MR) is 82.7 cm³/mol. The van der Waals surface area contributed by atoms with Gasteiger partial charge in [0, 0.05) is 11.6 Å². The number of hydrogen-bond donors (Lipinski definition) is 0. The standard InChI is InChI=1S/C17H14ClF2NO2/c1-23-14-7-5-11(6-8-14)10-21-15(17(19,20)16(21)22)12-3-2-4-13(18)9-12/h2-9,15H,10H2,1H3/t15-/m0/s1. The minimum atomic E-state index is -3.41. The molecule has 1 aliphatic heterocycles. The van der Waals surface area contributed by atoms with E-state index in [-0.39, 0.29) is 6.54 Å². The van der Waals surface area contributed by atoms with Crippen LogP contribution in [-0.2, 0) is 11.3 Å². The van der Waals surface area contributed by atoms with E-state index in [1.165, 1.54) is 6.07 Å². The molecule has 1 saturated heterocycles. The van der Waals surface area contributed by atoms with Crippen molar-refractivity contribution >= 4 is 17.5 Å². The number of rotatable bonds is 4. The highest BCUT2D eigenvalue weighted by atomic mass is 35.5. The van der Waals surface area contributed by atoms with Crippen LogP contribution in [0.3, 0.4) is 0 Å². The van der Waals surface area contributed by atoms with Gasteiger partial charge in [0.2, 0.25) is 0 Å². The molecule has 0 unspecified atom stereocenters. The number of alkyl halides is 2. The second kappa shape index (κ2) is 5.81. The minimum Gasteiger partial charge on any atom is -0.497 e. The highest BCUT2D eigenvalue weighted by molar-refractivity contribution is 6.30. The third-order valence-corrected chi connectivity index (χ3v) is 4.11. The maximum absolute atomic E-state index is 14.0. The Morgan fingerprint density at radius 3 is 2.52 bits per heavy atom. The summed E-state index contributed by atoms with van der Waals surface area (Å²) >= 11 is 5.88. The van der Waals surface area contributed by atoms with E-state index >= 15 is 0 Å². The molecule has 0 N–H and O–H groups in total. The van der Waals surface area contributed by atoms with Crippen LogP contribution in [0.15, 0.2) is 48.5 Å². The van der Waals surface area contributed by atoms with Crippen molar-refractivity contribution in [2.45, 2.75) is 18.5 Å². The first kappa shape index (κ1) is 15.7. The lowest BCUT2D eigenvalue weighted by atomic mass is 9.89. The average molecular weight is 338 g/mol. The van der Waals surface area contributed by atoms with Crippen LogP contribution < -0.4 is 4.74 Å². The summed E-state index contributed by atoms with van der Waals surface area (Å²) in [6.07, 6.45) is 0. The molecule has 23 heavy (non-hydrogen) atoms. The molecule has 3 nitrogen and oxygen atoms in total. The van der Waals surface area contributed by atoms with Gasteiger partial charge in [-0.15, -0.1) is 0 Å². The third-order valence-electron chi connectivity index (χ3n) is 3.88. The van der Waals surface area contributed by atoms with Gasteiger partial charge < -0.3 is 9.64 Å². The van der Waals surface area contributed by atoms with Gasteiger partial charge in [-0.1, -0.05) is 35.9 Å². The van der Waals surface area contributed by atoms with Gasteiger partial charge in [0.15, 0.2) is 0 Å². The van der Waals surface area contributed by atoms with Crippen LogP contribution in [0, 0.1) is 0 Å². The molecule has 120 valence electrons. The largest absolute Gasteiger partial charge is 0.497 e. The van der Waals surface area contributed by atoms with Crippen LogP contribution >= 0.6 is 11.6 Å². The van der Waals surface area contributed by atoms with Crippen molar-refractivity contribution in [2.75, 3.05) is 7.11 Å². The lowest BCUT2D eigenvalue weighted by Crippen LogP contribution is -2.63. The first-order valence-corrected chi connectivity index (χ1v) is 7.38. The summed E-state index contributed by atoms with van der Waals surface area (Å²) in [4.78, 5) is 13.0. The van der Waals surface area contributed by atoms with Crippen LogP contribution in [0.5, 0.6) is 5.75 Å². The van der Waals surface area contributed by atoms with Crippen molar-refractivity contribution in [3.63, 3.8) is 0 Å². The number of likely N-dealkylation sites (tertiary alicyclic amines) is 1. The van der Waals surface area contributed by atoms with Gasteiger partial charge in [0.05, 0.1) is 7.11 Å². The molecule has 1 aliphatic rings. The number of amides is 1. The predicted octanol–water partition coefficient (Wildman–Crippen LogP) is 4.07. The number of nitrogens with zero attached hydrogens (tertiary/aromatic N) is 1. The molecule has 2 aromatic carbocycles. The zero-order valence-electron chi connectivity index (χ0n) is 12.3. The highest BCUT2D eigenvalue weighted by Gasteiger charge is 2.63. The molecule has 0 aromatic heterocycles. The summed E-state index contributed by atoms with van der Waals surface area (Å²) in [5, 5.41) is 0.363. The average Bonchev–Trinajstić information content (AvgIpc) is 2.54. The Balaban J connectivity index is 1.86. The third kappa shape index (κ3) is 2.77. The molecule has 0 spiro atoms. The van der Waals surface area contributed by atoms with E-state index in [1.54, 1.807) is 49.6 Å². The summed E-state index contributed by atoms with van der Waals surface area (Å²) in [6, 6.07) is 11.9. The summed E-state index contributed by atoms with van der Waals surface area (Å²) in [5.74, 6) is -3.91. The maximum Gasteiger partial charge on any atom is 0.348 e. The van der Waals surface area contributed by atoms with E-state index in [0.717, 1.165) is 10.5 Å². The van der Waals surface area contributed by atoms with Crippen LogP contribution in [0.1, 0.15) is 17.2 Å². The Kier molecular flexibility index (Phi) is 3.98. The molecule has 0 bridgehead atoms. The Bertz CT molecular complexity index is 734. The van der Waals surface area contributed by atoms with E-state index in [4.69, 9.17) is 16.3 Å². The molecule has 0 aliphatic carbocycles. The summed E-state index contributed by atoms with van der Waals surface area (Å²) in [5.41, 5.74) is 1.08. The van der Waals surface area contributed by atoms with Gasteiger partial charge in [-0.05, 0) is 35.4 Å². The minimum absolute atomic E-state index is 0.107. The van der Waals surface area contributed by atoms with Crippen molar-refractivity contribution in [2.24, 2.45) is 0 Å². The number of carbonyl (C=O) groups excluding carboxylic acids is 1. The number of ether oxygens (including phenoxy) is 1. The smallest absolute Gasteiger partial charge is 0.348 e. The summed E-state index contributed by atoms with van der Waals surface area (Å²) in [6.45, 7) is 0.107. The van der Waals surface area contributed by atoms with E-state index in [9.17, 15) is 13.6 Å². The van der Waals surface area contributed by atoms with Crippen molar-refractivity contribution in [3.8, 4) is 5.75 Å². The van der Waals surface area contributed by atoms with Gasteiger partial charge in [0.1, 0.15) is 11.8 Å². The number of benzene rings is 2. The van der Waals surface area contributed by atoms with Gasteiger partial charge >= 0.3 is 5.92 Å². The Hall–Kier alpha value is -2.14. The molecular weight excluding hydrogens is 324 g/mol. The second-order valence-corrected chi connectivity index (χ2v) is 5.80. The summed E-state index contributed by atoms with van der Waals surface area (Å²) < 4.78 is 33.1. The molecule has 6 heteroatoms. The molecule has 1 atom stereocenters. The molecule has 1 fully saturated rings. The SMILES string of the molecule is COc1ccc(CN2C(=O)C(F)(F)[C@@H]2c2cccc(Cl)c2)cc1. The van der Waals surface area contributed by atoms with Crippen molar-refractivity contribution in [3.05, 3.63) is 64.7 Å². The van der Waals surface area contributed by atoms with Crippen LogP contribution in [0.4, 0.5) is 8.78 Å². The Labute approximate surface area is 137 Å².